The molecule has 0 aromatic carbocycles. The first-order chi connectivity index (χ1) is 11.8. The summed E-state index contributed by atoms with van der Waals surface area (Å²) in [5, 5.41) is 2.83. The Kier molecular flexibility index (Phi) is 4.42. The summed E-state index contributed by atoms with van der Waals surface area (Å²) in [4.78, 5) is 20.3. The second kappa shape index (κ2) is 6.84. The van der Waals surface area contributed by atoms with Gasteiger partial charge in [-0.25, -0.2) is 9.78 Å². The Bertz CT molecular complexity index is 591. The highest BCUT2D eigenvalue weighted by atomic mass is 16.6. The van der Waals surface area contributed by atoms with Crippen LogP contribution in [0.4, 0.5) is 10.6 Å². The number of nitrogens with one attached hydrogen (secondary N) is 1. The first-order valence-electron chi connectivity index (χ1n) is 8.80. The minimum absolute atomic E-state index is 0.0924. The van der Waals surface area contributed by atoms with Gasteiger partial charge in [0.15, 0.2) is 11.6 Å². The molecule has 24 heavy (non-hydrogen) atoms. The van der Waals surface area contributed by atoms with Crippen LogP contribution in [0.3, 0.4) is 0 Å². The third-order valence-corrected chi connectivity index (χ3v) is 4.90. The fourth-order valence-electron chi connectivity index (χ4n) is 3.72. The van der Waals surface area contributed by atoms with Gasteiger partial charge in [-0.05, 0) is 31.4 Å². The zero-order valence-corrected chi connectivity index (χ0v) is 13.8. The lowest BCUT2D eigenvalue weighted by molar-refractivity contribution is 0.173. The summed E-state index contributed by atoms with van der Waals surface area (Å²) in [6.07, 6.45) is 5.15. The van der Waals surface area contributed by atoms with Crippen LogP contribution in [0, 0.1) is 0 Å². The maximum Gasteiger partial charge on any atom is 0.407 e. The molecule has 3 fully saturated rings. The van der Waals surface area contributed by atoms with Crippen molar-refractivity contribution in [3.8, 4) is 5.75 Å². The predicted molar refractivity (Wildman–Crippen MR) is 89.4 cm³/mol. The summed E-state index contributed by atoms with van der Waals surface area (Å²) < 4.78 is 11.2. The number of hydrogen-bond acceptors (Lipinski definition) is 6. The van der Waals surface area contributed by atoms with Crippen molar-refractivity contribution >= 4 is 11.9 Å². The first kappa shape index (κ1) is 15.5. The molecule has 0 saturated carbocycles. The van der Waals surface area contributed by atoms with Gasteiger partial charge in [0.05, 0.1) is 6.04 Å². The van der Waals surface area contributed by atoms with Crippen molar-refractivity contribution < 1.29 is 14.3 Å². The van der Waals surface area contributed by atoms with E-state index in [1.807, 2.05) is 18.3 Å². The van der Waals surface area contributed by atoms with E-state index in [4.69, 9.17) is 9.47 Å². The van der Waals surface area contributed by atoms with Gasteiger partial charge in [-0.3, -0.25) is 4.90 Å². The number of carbonyl (C=O) groups excluding carboxylic acids is 1. The van der Waals surface area contributed by atoms with Gasteiger partial charge in [-0.2, -0.15) is 0 Å². The average molecular weight is 332 g/mol. The number of hydrogen-bond donors (Lipinski definition) is 1. The molecule has 7 heteroatoms. The lowest BCUT2D eigenvalue weighted by atomic mass is 10.3. The second-order valence-corrected chi connectivity index (χ2v) is 6.75. The van der Waals surface area contributed by atoms with Gasteiger partial charge in [-0.1, -0.05) is 0 Å². The topological polar surface area (TPSA) is 66.9 Å². The zero-order valence-electron chi connectivity index (χ0n) is 13.8. The molecule has 1 aromatic rings. The van der Waals surface area contributed by atoms with E-state index in [-0.39, 0.29) is 18.2 Å². The molecule has 3 saturated heterocycles. The number of aromatic nitrogens is 1. The van der Waals surface area contributed by atoms with Gasteiger partial charge in [0.25, 0.3) is 0 Å². The number of alkyl carbamates (subject to hydrolysis) is 1. The highest BCUT2D eigenvalue weighted by Gasteiger charge is 2.30. The number of pyridine rings is 1. The number of rotatable bonds is 5. The van der Waals surface area contributed by atoms with Crippen molar-refractivity contribution in [1.82, 2.24) is 15.2 Å². The van der Waals surface area contributed by atoms with E-state index in [9.17, 15) is 4.79 Å². The van der Waals surface area contributed by atoms with Crippen molar-refractivity contribution in [2.75, 3.05) is 44.2 Å². The van der Waals surface area contributed by atoms with Crippen LogP contribution in [0.25, 0.3) is 0 Å². The molecule has 0 aliphatic carbocycles. The van der Waals surface area contributed by atoms with Crippen LogP contribution in [-0.4, -0.2) is 67.5 Å². The minimum atomic E-state index is -0.308. The number of cyclic esters (lactones) is 1. The van der Waals surface area contributed by atoms with Gasteiger partial charge < -0.3 is 19.7 Å². The minimum Gasteiger partial charge on any atom is -0.485 e. The summed E-state index contributed by atoms with van der Waals surface area (Å²) in [7, 11) is 0. The van der Waals surface area contributed by atoms with Crippen molar-refractivity contribution in [3.05, 3.63) is 18.3 Å². The molecule has 0 spiro atoms. The molecule has 7 nitrogen and oxygen atoms in total. The summed E-state index contributed by atoms with van der Waals surface area (Å²) >= 11 is 0. The standard InChI is InChI=1S/C17H24N4O3/c22-17-19-13(12-23-17)10-20-9-5-14(11-20)24-15-4-3-6-18-16(15)21-7-1-2-8-21/h3-4,6,13-14H,1-2,5,7-12H2,(H,19,22)/t13-,14+/m1/s1. The molecule has 3 aliphatic rings. The summed E-state index contributed by atoms with van der Waals surface area (Å²) in [6.45, 7) is 5.26. The van der Waals surface area contributed by atoms with Crippen LogP contribution in [-0.2, 0) is 4.74 Å². The SMILES string of the molecule is O=C1N[C@H](CN2CC[C@H](Oc3cccnc3N3CCCC3)C2)CO1. The van der Waals surface area contributed by atoms with E-state index in [0.29, 0.717) is 6.61 Å². The molecule has 0 radical (unpaired) electrons. The summed E-state index contributed by atoms with van der Waals surface area (Å²) in [5.41, 5.74) is 0. The molecule has 0 bridgehead atoms. The van der Waals surface area contributed by atoms with E-state index in [1.54, 1.807) is 0 Å². The smallest absolute Gasteiger partial charge is 0.407 e. The predicted octanol–water partition coefficient (Wildman–Crippen LogP) is 1.24. The van der Waals surface area contributed by atoms with Gasteiger partial charge in [0.1, 0.15) is 12.7 Å². The lowest BCUT2D eigenvalue weighted by Gasteiger charge is -2.23. The fraction of sp³-hybridized carbons (Fsp3) is 0.647. The number of amides is 1. The molecular formula is C17H24N4O3. The van der Waals surface area contributed by atoms with Crippen molar-refractivity contribution in [2.24, 2.45) is 0 Å². The molecule has 2 atom stereocenters. The largest absolute Gasteiger partial charge is 0.485 e. The lowest BCUT2D eigenvalue weighted by Crippen LogP contribution is -2.39. The Morgan fingerprint density at radius 3 is 3.00 bits per heavy atom. The first-order valence-corrected chi connectivity index (χ1v) is 8.80. The third-order valence-electron chi connectivity index (χ3n) is 4.90. The number of ether oxygens (including phenoxy) is 2. The number of likely N-dealkylation sites (tertiary alicyclic amines) is 1. The average Bonchev–Trinajstić information content (AvgIpc) is 3.32. The van der Waals surface area contributed by atoms with E-state index in [0.717, 1.165) is 50.7 Å². The van der Waals surface area contributed by atoms with Gasteiger partial charge in [-0.15, -0.1) is 0 Å². The van der Waals surface area contributed by atoms with Gasteiger partial charge >= 0.3 is 6.09 Å². The fourth-order valence-corrected chi connectivity index (χ4v) is 3.72. The molecule has 4 heterocycles. The van der Waals surface area contributed by atoms with Crippen LogP contribution < -0.4 is 15.0 Å². The van der Waals surface area contributed by atoms with Crippen LogP contribution in [0.15, 0.2) is 18.3 Å². The molecule has 130 valence electrons. The molecule has 4 rings (SSSR count). The van der Waals surface area contributed by atoms with Crippen molar-refractivity contribution in [3.63, 3.8) is 0 Å². The maximum atomic E-state index is 11.1. The molecule has 1 N–H and O–H groups in total. The van der Waals surface area contributed by atoms with E-state index < -0.39 is 0 Å². The quantitative estimate of drug-likeness (QED) is 0.875. The Labute approximate surface area is 141 Å². The van der Waals surface area contributed by atoms with Crippen LogP contribution in [0.1, 0.15) is 19.3 Å². The molecule has 1 amide bonds. The van der Waals surface area contributed by atoms with Crippen molar-refractivity contribution in [1.29, 1.82) is 0 Å². The van der Waals surface area contributed by atoms with Crippen molar-refractivity contribution in [2.45, 2.75) is 31.4 Å². The summed E-state index contributed by atoms with van der Waals surface area (Å²) in [6, 6.07) is 4.05. The van der Waals surface area contributed by atoms with E-state index >= 15 is 0 Å². The number of anilines is 1. The maximum absolute atomic E-state index is 11.1. The number of carbonyl (C=O) groups is 1. The van der Waals surface area contributed by atoms with Crippen LogP contribution >= 0.6 is 0 Å². The normalized spacial score (nSPS) is 27.3. The van der Waals surface area contributed by atoms with Crippen LogP contribution in [0.5, 0.6) is 5.75 Å². The van der Waals surface area contributed by atoms with Gasteiger partial charge in [0, 0.05) is 38.9 Å². The zero-order chi connectivity index (χ0) is 16.4. The second-order valence-electron chi connectivity index (χ2n) is 6.75. The summed E-state index contributed by atoms with van der Waals surface area (Å²) in [5.74, 6) is 1.87. The molecular weight excluding hydrogens is 308 g/mol. The third kappa shape index (κ3) is 3.40. The monoisotopic (exact) mass is 332 g/mol. The Morgan fingerprint density at radius 1 is 1.33 bits per heavy atom. The Balaban J connectivity index is 1.34. The molecule has 1 aromatic heterocycles. The van der Waals surface area contributed by atoms with Gasteiger partial charge in [0.2, 0.25) is 0 Å². The number of nitrogens with zero attached hydrogens (tertiary/aromatic N) is 3. The Hall–Kier alpha value is -2.02. The Morgan fingerprint density at radius 2 is 2.21 bits per heavy atom. The molecule has 3 aliphatic heterocycles. The highest BCUT2D eigenvalue weighted by molar-refractivity contribution is 5.69. The molecule has 0 unspecified atom stereocenters. The van der Waals surface area contributed by atoms with E-state index in [1.165, 1.54) is 12.8 Å². The highest BCUT2D eigenvalue weighted by Crippen LogP contribution is 2.30. The van der Waals surface area contributed by atoms with E-state index in [2.05, 4.69) is 20.1 Å². The van der Waals surface area contributed by atoms with Crippen LogP contribution in [0.2, 0.25) is 0 Å².